The molecule has 2 saturated carbocycles. The third-order valence-corrected chi connectivity index (χ3v) is 7.88. The van der Waals surface area contributed by atoms with E-state index in [1.54, 1.807) is 12.2 Å². The molecule has 1 unspecified atom stereocenters. The number of Topliss-reactive ketones (excluding diaryl/α,β-unsaturated/α-hetero) is 1. The Hall–Kier alpha value is -1.42. The lowest BCUT2D eigenvalue weighted by atomic mass is 9.46. The fraction of sp³-hybridized carbons (Fsp3) is 0.714. The van der Waals surface area contributed by atoms with Crippen molar-refractivity contribution in [2.24, 2.45) is 28.6 Å². The summed E-state index contributed by atoms with van der Waals surface area (Å²) in [6.07, 6.45) is 7.04. The van der Waals surface area contributed by atoms with Gasteiger partial charge in [-0.3, -0.25) is 9.59 Å². The van der Waals surface area contributed by atoms with Crippen molar-refractivity contribution in [1.82, 2.24) is 0 Å². The molecule has 2 fully saturated rings. The summed E-state index contributed by atoms with van der Waals surface area (Å²) in [5, 5.41) is 11.8. The SMILES string of the molecule is COC1=CC2=CC(=O)[C@H]3[C@@H]4CC(C)C[C@@]4(C)CC[C@]3(O)[C@@]2(C)C(=O)C1. The van der Waals surface area contributed by atoms with E-state index in [9.17, 15) is 14.7 Å². The van der Waals surface area contributed by atoms with Gasteiger partial charge < -0.3 is 9.84 Å². The molecule has 0 aromatic carbocycles. The summed E-state index contributed by atoms with van der Waals surface area (Å²) >= 11 is 0. The van der Waals surface area contributed by atoms with Crippen molar-refractivity contribution in [3.63, 3.8) is 0 Å². The number of ether oxygens (including phenoxy) is 1. The second-order valence-corrected chi connectivity index (χ2v) is 9.25. The number of hydrogen-bond donors (Lipinski definition) is 1. The van der Waals surface area contributed by atoms with E-state index in [0.717, 1.165) is 19.3 Å². The summed E-state index contributed by atoms with van der Waals surface area (Å²) < 4.78 is 5.27. The van der Waals surface area contributed by atoms with Crippen molar-refractivity contribution >= 4 is 11.6 Å². The maximum Gasteiger partial charge on any atom is 0.162 e. The molecule has 0 spiro atoms. The number of carbonyl (C=O) groups is 2. The van der Waals surface area contributed by atoms with Crippen LogP contribution in [0, 0.1) is 28.6 Å². The van der Waals surface area contributed by atoms with Crippen LogP contribution in [0.25, 0.3) is 0 Å². The maximum absolute atomic E-state index is 13.1. The second-order valence-electron chi connectivity index (χ2n) is 9.25. The minimum atomic E-state index is -1.28. The van der Waals surface area contributed by atoms with Gasteiger partial charge in [-0.2, -0.15) is 0 Å². The highest BCUT2D eigenvalue weighted by Crippen LogP contribution is 2.65. The molecule has 25 heavy (non-hydrogen) atoms. The monoisotopic (exact) mass is 344 g/mol. The van der Waals surface area contributed by atoms with Crippen LogP contribution >= 0.6 is 0 Å². The summed E-state index contributed by atoms with van der Waals surface area (Å²) in [5.74, 6) is 0.772. The molecule has 4 aliphatic carbocycles. The predicted molar refractivity (Wildman–Crippen MR) is 93.6 cm³/mol. The van der Waals surface area contributed by atoms with E-state index in [2.05, 4.69) is 13.8 Å². The normalized spacial score (nSPS) is 48.9. The molecule has 0 radical (unpaired) electrons. The Balaban J connectivity index is 1.88. The van der Waals surface area contributed by atoms with Crippen molar-refractivity contribution in [2.75, 3.05) is 7.11 Å². The molecule has 0 aliphatic heterocycles. The van der Waals surface area contributed by atoms with Crippen molar-refractivity contribution in [3.05, 3.63) is 23.5 Å². The predicted octanol–water partition coefficient (Wildman–Crippen LogP) is 3.20. The lowest BCUT2D eigenvalue weighted by Gasteiger charge is -2.59. The quantitative estimate of drug-likeness (QED) is 0.793. The average Bonchev–Trinajstić information content (AvgIpc) is 2.84. The standard InChI is InChI=1S/C21H28O4/c1-12-7-15-18-16(22)9-13-8-14(25-4)10-17(23)20(13,3)21(18,24)6-5-19(15,2)11-12/h8-9,12,15,18,24H,5-7,10-11H2,1-4H3/t12?,15-,18+,19+,20+,21+/m0/s1. The minimum Gasteiger partial charge on any atom is -0.501 e. The number of fused-ring (bicyclic) bond motifs is 5. The summed E-state index contributed by atoms with van der Waals surface area (Å²) in [5.41, 5.74) is -1.58. The number of hydrogen-bond acceptors (Lipinski definition) is 4. The van der Waals surface area contributed by atoms with Crippen LogP contribution in [0.1, 0.15) is 52.9 Å². The topological polar surface area (TPSA) is 63.6 Å². The van der Waals surface area contributed by atoms with Gasteiger partial charge in [0.05, 0.1) is 30.5 Å². The van der Waals surface area contributed by atoms with E-state index in [1.165, 1.54) is 7.11 Å². The molecule has 0 heterocycles. The number of ketones is 2. The molecule has 4 heteroatoms. The average molecular weight is 344 g/mol. The van der Waals surface area contributed by atoms with Gasteiger partial charge in [-0.1, -0.05) is 13.8 Å². The van der Waals surface area contributed by atoms with Gasteiger partial charge in [-0.15, -0.1) is 0 Å². The molecule has 4 aliphatic rings. The molecule has 4 rings (SSSR count). The minimum absolute atomic E-state index is 0.0126. The molecule has 0 amide bonds. The van der Waals surface area contributed by atoms with Gasteiger partial charge in [0.1, 0.15) is 5.76 Å². The van der Waals surface area contributed by atoms with Crippen molar-refractivity contribution in [2.45, 2.75) is 58.5 Å². The smallest absolute Gasteiger partial charge is 0.162 e. The van der Waals surface area contributed by atoms with Crippen LogP contribution in [-0.2, 0) is 14.3 Å². The summed E-state index contributed by atoms with van der Waals surface area (Å²) in [6, 6.07) is 0. The Morgan fingerprint density at radius 1 is 1.20 bits per heavy atom. The number of methoxy groups -OCH3 is 1. The van der Waals surface area contributed by atoms with E-state index in [1.807, 2.05) is 6.92 Å². The first-order valence-electron chi connectivity index (χ1n) is 9.42. The number of carbonyl (C=O) groups excluding carboxylic acids is 2. The maximum atomic E-state index is 13.1. The molecule has 6 atom stereocenters. The van der Waals surface area contributed by atoms with Gasteiger partial charge in [-0.05, 0) is 67.6 Å². The van der Waals surface area contributed by atoms with Crippen molar-refractivity contribution in [3.8, 4) is 0 Å². The van der Waals surface area contributed by atoms with Crippen LogP contribution in [0.2, 0.25) is 0 Å². The van der Waals surface area contributed by atoms with Crippen molar-refractivity contribution in [1.29, 1.82) is 0 Å². The molecule has 1 N–H and O–H groups in total. The second kappa shape index (κ2) is 5.06. The van der Waals surface area contributed by atoms with E-state index in [0.29, 0.717) is 23.7 Å². The third kappa shape index (κ3) is 1.98. The van der Waals surface area contributed by atoms with Crippen LogP contribution in [0.4, 0.5) is 0 Å². The number of rotatable bonds is 1. The van der Waals surface area contributed by atoms with Gasteiger partial charge in [-0.25, -0.2) is 0 Å². The molecule has 136 valence electrons. The van der Waals surface area contributed by atoms with E-state index < -0.39 is 16.9 Å². The number of allylic oxidation sites excluding steroid dienone is 3. The van der Waals surface area contributed by atoms with Gasteiger partial charge in [0.25, 0.3) is 0 Å². The largest absolute Gasteiger partial charge is 0.501 e. The van der Waals surface area contributed by atoms with E-state index >= 15 is 0 Å². The fourth-order valence-electron chi connectivity index (χ4n) is 6.45. The molecule has 0 aromatic rings. The molecule has 0 aromatic heterocycles. The van der Waals surface area contributed by atoms with Gasteiger partial charge in [0, 0.05) is 0 Å². The van der Waals surface area contributed by atoms with E-state index in [4.69, 9.17) is 4.74 Å². The summed E-state index contributed by atoms with van der Waals surface area (Å²) in [7, 11) is 1.54. The molecular weight excluding hydrogens is 316 g/mol. The molecular formula is C21H28O4. The Labute approximate surface area is 149 Å². The zero-order chi connectivity index (χ0) is 18.2. The highest BCUT2D eigenvalue weighted by molar-refractivity contribution is 6.03. The molecule has 4 nitrogen and oxygen atoms in total. The first-order valence-corrected chi connectivity index (χ1v) is 9.42. The Morgan fingerprint density at radius 3 is 2.60 bits per heavy atom. The molecule has 0 bridgehead atoms. The zero-order valence-electron chi connectivity index (χ0n) is 15.6. The van der Waals surface area contributed by atoms with E-state index in [-0.39, 0.29) is 29.3 Å². The molecule has 0 saturated heterocycles. The van der Waals surface area contributed by atoms with Crippen LogP contribution in [0.15, 0.2) is 23.5 Å². The first-order chi connectivity index (χ1) is 11.7. The van der Waals surface area contributed by atoms with Gasteiger partial charge in [0.2, 0.25) is 0 Å². The Morgan fingerprint density at radius 2 is 1.92 bits per heavy atom. The lowest BCUT2D eigenvalue weighted by Crippen LogP contribution is -2.66. The van der Waals surface area contributed by atoms with Crippen LogP contribution < -0.4 is 0 Å². The first kappa shape index (κ1) is 17.0. The van der Waals surface area contributed by atoms with Crippen molar-refractivity contribution < 1.29 is 19.4 Å². The third-order valence-electron chi connectivity index (χ3n) is 7.88. The highest BCUT2D eigenvalue weighted by atomic mass is 16.5. The number of aliphatic hydroxyl groups is 1. The van der Waals surface area contributed by atoms with Crippen LogP contribution in [0.5, 0.6) is 0 Å². The highest BCUT2D eigenvalue weighted by Gasteiger charge is 2.68. The lowest BCUT2D eigenvalue weighted by molar-refractivity contribution is -0.184. The fourth-order valence-corrected chi connectivity index (χ4v) is 6.45. The Kier molecular flexibility index (Phi) is 3.45. The Bertz CT molecular complexity index is 719. The van der Waals surface area contributed by atoms with Crippen LogP contribution in [-0.4, -0.2) is 29.4 Å². The van der Waals surface area contributed by atoms with Gasteiger partial charge >= 0.3 is 0 Å². The van der Waals surface area contributed by atoms with Gasteiger partial charge in [0.15, 0.2) is 11.6 Å². The summed E-state index contributed by atoms with van der Waals surface area (Å²) in [4.78, 5) is 26.2. The zero-order valence-corrected chi connectivity index (χ0v) is 15.6. The van der Waals surface area contributed by atoms with Crippen LogP contribution in [0.3, 0.4) is 0 Å². The summed E-state index contributed by atoms with van der Waals surface area (Å²) in [6.45, 7) is 6.34.